The van der Waals surface area contributed by atoms with Crippen molar-refractivity contribution in [3.05, 3.63) is 124 Å². The van der Waals surface area contributed by atoms with E-state index in [2.05, 4.69) is 15.8 Å². The topological polar surface area (TPSA) is 67.3 Å². The van der Waals surface area contributed by atoms with Crippen LogP contribution in [0.2, 0.25) is 0 Å². The van der Waals surface area contributed by atoms with E-state index in [9.17, 15) is 5.26 Å². The third kappa shape index (κ3) is 3.21. The third-order valence-electron chi connectivity index (χ3n) is 8.95. The molecule has 0 saturated carbocycles. The Morgan fingerprint density at radius 1 is 0.727 bits per heavy atom. The monoisotopic (exact) mass is 568 g/mol. The summed E-state index contributed by atoms with van der Waals surface area (Å²) in [6.45, 7) is 16.5. The predicted octanol–water partition coefficient (Wildman–Crippen LogP) is 10.7. The Labute approximate surface area is 252 Å². The van der Waals surface area contributed by atoms with Crippen LogP contribution in [0.1, 0.15) is 41.7 Å². The number of benzene rings is 5. The van der Waals surface area contributed by atoms with Crippen LogP contribution in [-0.2, 0) is 4.74 Å². The molecule has 0 amide bonds. The van der Waals surface area contributed by atoms with Crippen molar-refractivity contribution in [1.82, 2.24) is 0 Å². The number of nitriles is 1. The number of anilines is 3. The molecule has 2 bridgehead atoms. The van der Waals surface area contributed by atoms with E-state index in [1.807, 2.05) is 89.8 Å². The van der Waals surface area contributed by atoms with Gasteiger partial charge in [-0.15, -0.1) is 0 Å². The number of hydrogen-bond donors (Lipinski definition) is 0. The zero-order valence-electron chi connectivity index (χ0n) is 23.2. The highest BCUT2D eigenvalue weighted by Crippen LogP contribution is 2.63. The second-order valence-electron chi connectivity index (χ2n) is 11.2. The quantitative estimate of drug-likeness (QED) is 0.194. The highest BCUT2D eigenvalue weighted by atomic mass is 16.5. The first-order chi connectivity index (χ1) is 21.7. The molecule has 5 aromatic carbocycles. The predicted molar refractivity (Wildman–Crippen MR) is 167 cm³/mol. The summed E-state index contributed by atoms with van der Waals surface area (Å²) >= 11 is 0. The Kier molecular flexibility index (Phi) is 5.00. The van der Waals surface area contributed by atoms with Crippen molar-refractivity contribution >= 4 is 50.4 Å². The van der Waals surface area contributed by atoms with Crippen molar-refractivity contribution in [2.24, 2.45) is 0 Å². The van der Waals surface area contributed by atoms with Crippen molar-refractivity contribution in [3.8, 4) is 28.7 Å². The van der Waals surface area contributed by atoms with E-state index in [-0.39, 0.29) is 23.6 Å². The van der Waals surface area contributed by atoms with E-state index in [0.29, 0.717) is 45.3 Å². The Morgan fingerprint density at radius 2 is 1.48 bits per heavy atom. The van der Waals surface area contributed by atoms with Crippen LogP contribution in [0.5, 0.6) is 11.5 Å². The lowest BCUT2D eigenvalue weighted by Crippen LogP contribution is -2.18. The van der Waals surface area contributed by atoms with Crippen LogP contribution in [0.3, 0.4) is 0 Å². The van der Waals surface area contributed by atoms with Crippen molar-refractivity contribution in [2.45, 2.75) is 25.0 Å². The lowest BCUT2D eigenvalue weighted by molar-refractivity contribution is 0.0718. The number of rotatable bonds is 2. The summed E-state index contributed by atoms with van der Waals surface area (Å²) in [7, 11) is 0. The Morgan fingerprint density at radius 3 is 2.27 bits per heavy atom. The van der Waals surface area contributed by atoms with Crippen LogP contribution >= 0.6 is 0 Å². The normalized spacial score (nSPS) is 17.3. The molecule has 1 fully saturated rings. The summed E-state index contributed by atoms with van der Waals surface area (Å²) in [6.07, 6.45) is 1.01. The van der Waals surface area contributed by atoms with E-state index < -0.39 is 0 Å². The standard InChI is InChI=1S/C37H20N4O3/c1-39-35-34-29-15-14-28(43-29)33(34)24(19-38)37(36(35)40-2)41-25-13-12-21(20-8-4-3-5-9-20)16-31(25)44-32-18-30-23(17-26(32)41)22-10-6-7-11-27(22)42-30/h3-13,16-18,28-29H,14-15H2. The van der Waals surface area contributed by atoms with Gasteiger partial charge in [0.2, 0.25) is 11.4 Å². The number of nitrogens with zero attached hydrogens (tertiary/aromatic N) is 4. The summed E-state index contributed by atoms with van der Waals surface area (Å²) in [5, 5.41) is 12.6. The van der Waals surface area contributed by atoms with Gasteiger partial charge in [-0.2, -0.15) is 5.26 Å². The molecule has 9 rings (SSSR count). The Balaban J connectivity index is 1.38. The third-order valence-corrected chi connectivity index (χ3v) is 8.95. The van der Waals surface area contributed by atoms with Crippen molar-refractivity contribution in [2.75, 3.05) is 4.90 Å². The number of ether oxygens (including phenoxy) is 2. The van der Waals surface area contributed by atoms with Crippen LogP contribution in [0.25, 0.3) is 42.8 Å². The largest absolute Gasteiger partial charge is 0.456 e. The Hall–Kier alpha value is -6.07. The molecule has 7 heteroatoms. The molecule has 0 spiro atoms. The van der Waals surface area contributed by atoms with Crippen LogP contribution < -0.4 is 9.64 Å². The zero-order valence-corrected chi connectivity index (χ0v) is 23.2. The fraction of sp³-hybridized carbons (Fsp3) is 0.108. The summed E-state index contributed by atoms with van der Waals surface area (Å²) < 4.78 is 19.0. The maximum absolute atomic E-state index is 10.7. The first-order valence-electron chi connectivity index (χ1n) is 14.4. The molecule has 206 valence electrons. The zero-order chi connectivity index (χ0) is 29.5. The molecule has 1 aromatic heterocycles. The molecule has 2 unspecified atom stereocenters. The minimum Gasteiger partial charge on any atom is -0.456 e. The van der Waals surface area contributed by atoms with Gasteiger partial charge in [-0.3, -0.25) is 0 Å². The summed E-state index contributed by atoms with van der Waals surface area (Å²) in [6, 6.07) is 30.1. The maximum Gasteiger partial charge on any atom is 0.219 e. The molecule has 2 atom stereocenters. The fourth-order valence-corrected chi connectivity index (χ4v) is 7.10. The van der Waals surface area contributed by atoms with Crippen LogP contribution in [-0.4, -0.2) is 0 Å². The fourth-order valence-electron chi connectivity index (χ4n) is 7.10. The summed E-state index contributed by atoms with van der Waals surface area (Å²) in [5.74, 6) is 1.09. The minimum absolute atomic E-state index is 0.148. The number of furan rings is 1. The average Bonchev–Trinajstić information content (AvgIpc) is 3.79. The highest BCUT2D eigenvalue weighted by molar-refractivity contribution is 6.09. The molecule has 3 aliphatic rings. The van der Waals surface area contributed by atoms with E-state index in [4.69, 9.17) is 27.0 Å². The van der Waals surface area contributed by atoms with Gasteiger partial charge in [-0.1, -0.05) is 54.6 Å². The Bertz CT molecular complexity index is 2350. The smallest absolute Gasteiger partial charge is 0.219 e. The van der Waals surface area contributed by atoms with Crippen molar-refractivity contribution < 1.29 is 13.9 Å². The van der Waals surface area contributed by atoms with Crippen LogP contribution in [0, 0.1) is 24.5 Å². The molecule has 0 aliphatic carbocycles. The molecule has 3 aliphatic heterocycles. The van der Waals surface area contributed by atoms with Gasteiger partial charge in [-0.25, -0.2) is 9.69 Å². The van der Waals surface area contributed by atoms with Crippen LogP contribution in [0.4, 0.5) is 28.4 Å². The first kappa shape index (κ1) is 24.5. The summed E-state index contributed by atoms with van der Waals surface area (Å²) in [5.41, 5.74) is 7.35. The minimum atomic E-state index is -0.274. The van der Waals surface area contributed by atoms with E-state index in [1.54, 1.807) is 0 Å². The molecule has 0 N–H and O–H groups in total. The highest BCUT2D eigenvalue weighted by Gasteiger charge is 2.45. The second kappa shape index (κ2) is 8.96. The van der Waals surface area contributed by atoms with Gasteiger partial charge >= 0.3 is 0 Å². The lowest BCUT2D eigenvalue weighted by atomic mass is 9.85. The second-order valence-corrected chi connectivity index (χ2v) is 11.2. The molecule has 0 radical (unpaired) electrons. The van der Waals surface area contributed by atoms with E-state index in [0.717, 1.165) is 45.9 Å². The summed E-state index contributed by atoms with van der Waals surface area (Å²) in [4.78, 5) is 9.74. The van der Waals surface area contributed by atoms with Gasteiger partial charge in [0, 0.05) is 16.8 Å². The molecule has 6 aromatic rings. The van der Waals surface area contributed by atoms with Crippen molar-refractivity contribution in [3.63, 3.8) is 0 Å². The van der Waals surface area contributed by atoms with Gasteiger partial charge in [0.05, 0.1) is 48.0 Å². The molecule has 1 saturated heterocycles. The number of hydrogen-bond acceptors (Lipinski definition) is 5. The molecular weight excluding hydrogens is 548 g/mol. The maximum atomic E-state index is 10.7. The number of fused-ring (bicyclic) bond motifs is 10. The van der Waals surface area contributed by atoms with Gasteiger partial charge in [0.25, 0.3) is 0 Å². The molecule has 4 heterocycles. The SMILES string of the molecule is [C-]#[N+]c1c([N+]#[C-])c(N2c3ccc(-c4ccccc4)cc3Oc3cc4oc5ccccc5c4cc32)c(C#N)c2c1C1CCC2O1. The first-order valence-corrected chi connectivity index (χ1v) is 14.4. The van der Waals surface area contributed by atoms with Crippen molar-refractivity contribution in [1.29, 1.82) is 5.26 Å². The van der Waals surface area contributed by atoms with Gasteiger partial charge in [0.15, 0.2) is 11.5 Å². The number of para-hydroxylation sites is 1. The van der Waals surface area contributed by atoms with Crippen LogP contribution in [0.15, 0.2) is 89.3 Å². The average molecular weight is 569 g/mol. The van der Waals surface area contributed by atoms with E-state index in [1.165, 1.54) is 0 Å². The lowest BCUT2D eigenvalue weighted by Gasteiger charge is -2.35. The van der Waals surface area contributed by atoms with E-state index >= 15 is 0 Å². The molecular formula is C37H20N4O3. The van der Waals surface area contributed by atoms with Gasteiger partial charge in [0.1, 0.15) is 17.2 Å². The van der Waals surface area contributed by atoms with Gasteiger partial charge in [-0.05, 0) is 59.4 Å². The molecule has 7 nitrogen and oxygen atoms in total. The van der Waals surface area contributed by atoms with Gasteiger partial charge < -0.3 is 18.8 Å². The molecule has 44 heavy (non-hydrogen) atoms.